The van der Waals surface area contributed by atoms with Gasteiger partial charge in [-0.3, -0.25) is 19.7 Å². The summed E-state index contributed by atoms with van der Waals surface area (Å²) in [4.78, 5) is 35.7. The number of amides is 3. The van der Waals surface area contributed by atoms with E-state index in [0.717, 1.165) is 10.4 Å². The number of imide groups is 1. The molecule has 0 spiro atoms. The molecule has 1 aromatic heterocycles. The molecule has 1 saturated heterocycles. The summed E-state index contributed by atoms with van der Waals surface area (Å²) < 4.78 is 0. The third-order valence-electron chi connectivity index (χ3n) is 3.71. The Kier molecular flexibility index (Phi) is 4.86. The van der Waals surface area contributed by atoms with Crippen LogP contribution in [0.4, 0.5) is 5.69 Å². The minimum Gasteiger partial charge on any atom is -0.323 e. The first-order valence-electron chi connectivity index (χ1n) is 7.55. The van der Waals surface area contributed by atoms with Crippen LogP contribution >= 0.6 is 11.3 Å². The number of rotatable bonds is 5. The maximum absolute atomic E-state index is 11.9. The molecular formula is C18H16N2O3S. The fraction of sp³-hybridized carbons (Fsp3) is 0.167. The second-order valence-corrected chi connectivity index (χ2v) is 6.53. The first-order valence-corrected chi connectivity index (χ1v) is 8.43. The zero-order chi connectivity index (χ0) is 16.9. The lowest BCUT2D eigenvalue weighted by Crippen LogP contribution is -2.22. The van der Waals surface area contributed by atoms with Gasteiger partial charge in [-0.25, -0.2) is 0 Å². The van der Waals surface area contributed by atoms with E-state index in [9.17, 15) is 14.4 Å². The van der Waals surface area contributed by atoms with Gasteiger partial charge in [0.1, 0.15) is 0 Å². The maximum atomic E-state index is 11.9. The van der Waals surface area contributed by atoms with Gasteiger partial charge in [0.25, 0.3) is 0 Å². The van der Waals surface area contributed by atoms with Crippen molar-refractivity contribution in [3.8, 4) is 0 Å². The largest absolute Gasteiger partial charge is 0.323 e. The highest BCUT2D eigenvalue weighted by Crippen LogP contribution is 2.19. The maximum Gasteiger partial charge on any atom is 0.248 e. The third kappa shape index (κ3) is 4.17. The van der Waals surface area contributed by atoms with Crippen LogP contribution in [0.1, 0.15) is 16.9 Å². The number of nitrogens with one attached hydrogen (secondary N) is 2. The molecule has 1 aliphatic heterocycles. The van der Waals surface area contributed by atoms with Crippen LogP contribution in [0.3, 0.4) is 0 Å². The van der Waals surface area contributed by atoms with E-state index < -0.39 is 0 Å². The lowest BCUT2D eigenvalue weighted by Gasteiger charge is -2.07. The normalized spacial score (nSPS) is 17.2. The minimum absolute atomic E-state index is 0.197. The van der Waals surface area contributed by atoms with Crippen molar-refractivity contribution in [2.75, 3.05) is 5.32 Å². The van der Waals surface area contributed by atoms with Crippen molar-refractivity contribution in [1.29, 1.82) is 0 Å². The van der Waals surface area contributed by atoms with E-state index in [1.54, 1.807) is 29.5 Å². The summed E-state index contributed by atoms with van der Waals surface area (Å²) in [7, 11) is 0. The van der Waals surface area contributed by atoms with Gasteiger partial charge >= 0.3 is 0 Å². The summed E-state index contributed by atoms with van der Waals surface area (Å²) in [6.45, 7) is 0. The molecule has 1 atom stereocenters. The first-order chi connectivity index (χ1) is 11.6. The average Bonchev–Trinajstić information content (AvgIpc) is 3.17. The molecule has 3 amide bonds. The van der Waals surface area contributed by atoms with Crippen LogP contribution in [0.25, 0.3) is 6.08 Å². The number of hydrogen-bond donors (Lipinski definition) is 2. The monoisotopic (exact) mass is 340 g/mol. The molecule has 2 aromatic rings. The van der Waals surface area contributed by atoms with Crippen molar-refractivity contribution in [3.63, 3.8) is 0 Å². The molecule has 3 rings (SSSR count). The fourth-order valence-corrected chi connectivity index (χ4v) is 3.13. The molecular weight excluding hydrogens is 324 g/mol. The predicted octanol–water partition coefficient (Wildman–Crippen LogP) is 2.61. The number of anilines is 1. The Bertz CT molecular complexity index is 779. The number of hydrogen-bond acceptors (Lipinski definition) is 4. The summed E-state index contributed by atoms with van der Waals surface area (Å²) >= 11 is 1.57. The minimum atomic E-state index is -0.299. The van der Waals surface area contributed by atoms with Crippen LogP contribution in [0.2, 0.25) is 0 Å². The molecule has 0 saturated carbocycles. The van der Waals surface area contributed by atoms with Gasteiger partial charge in [0.2, 0.25) is 17.7 Å². The van der Waals surface area contributed by atoms with Crippen molar-refractivity contribution in [2.45, 2.75) is 12.8 Å². The molecule has 0 bridgehead atoms. The number of carbonyl (C=O) groups excluding carboxylic acids is 3. The molecule has 0 aliphatic carbocycles. The smallest absolute Gasteiger partial charge is 0.248 e. The van der Waals surface area contributed by atoms with Crippen LogP contribution < -0.4 is 10.6 Å². The lowest BCUT2D eigenvalue weighted by molar-refractivity contribution is -0.125. The Hall–Kier alpha value is -2.73. The highest BCUT2D eigenvalue weighted by molar-refractivity contribution is 7.10. The molecule has 24 heavy (non-hydrogen) atoms. The van der Waals surface area contributed by atoms with Crippen LogP contribution in [0.15, 0.2) is 47.9 Å². The molecule has 1 fully saturated rings. The average molecular weight is 340 g/mol. The van der Waals surface area contributed by atoms with Crippen LogP contribution in [0.5, 0.6) is 0 Å². The zero-order valence-electron chi connectivity index (χ0n) is 12.8. The topological polar surface area (TPSA) is 75.3 Å². The first kappa shape index (κ1) is 16.1. The molecule has 2 heterocycles. The zero-order valence-corrected chi connectivity index (χ0v) is 13.6. The number of benzene rings is 1. The highest BCUT2D eigenvalue weighted by atomic mass is 32.1. The molecule has 2 N–H and O–H groups in total. The summed E-state index contributed by atoms with van der Waals surface area (Å²) in [6.07, 6.45) is 4.02. The van der Waals surface area contributed by atoms with Gasteiger partial charge in [-0.1, -0.05) is 18.2 Å². The van der Waals surface area contributed by atoms with E-state index >= 15 is 0 Å². The second-order valence-electron chi connectivity index (χ2n) is 5.55. The van der Waals surface area contributed by atoms with Crippen molar-refractivity contribution in [2.24, 2.45) is 5.92 Å². The molecule has 122 valence electrons. The fourth-order valence-electron chi connectivity index (χ4n) is 2.51. The number of carbonyl (C=O) groups is 3. The quantitative estimate of drug-likeness (QED) is 0.649. The number of thiophene rings is 1. The van der Waals surface area contributed by atoms with E-state index in [-0.39, 0.29) is 30.1 Å². The van der Waals surface area contributed by atoms with E-state index in [1.807, 2.05) is 29.6 Å². The van der Waals surface area contributed by atoms with Gasteiger partial charge in [-0.2, -0.15) is 0 Å². The van der Waals surface area contributed by atoms with Crippen LogP contribution in [-0.4, -0.2) is 17.7 Å². The van der Waals surface area contributed by atoms with Crippen molar-refractivity contribution in [3.05, 3.63) is 58.3 Å². The van der Waals surface area contributed by atoms with Crippen molar-refractivity contribution >= 4 is 40.8 Å². The second kappa shape index (κ2) is 7.23. The van der Waals surface area contributed by atoms with Crippen molar-refractivity contribution < 1.29 is 14.4 Å². The van der Waals surface area contributed by atoms with E-state index in [1.165, 1.54) is 6.08 Å². The van der Waals surface area contributed by atoms with Gasteiger partial charge in [-0.15, -0.1) is 11.3 Å². The summed E-state index contributed by atoms with van der Waals surface area (Å²) in [5, 5.41) is 7.05. The Labute approximate surface area is 143 Å². The Balaban J connectivity index is 1.55. The Morgan fingerprint density at radius 2 is 2.04 bits per heavy atom. The van der Waals surface area contributed by atoms with Gasteiger partial charge in [-0.05, 0) is 41.6 Å². The Morgan fingerprint density at radius 1 is 1.25 bits per heavy atom. The van der Waals surface area contributed by atoms with Gasteiger partial charge in [0.15, 0.2) is 0 Å². The molecule has 0 radical (unpaired) electrons. The van der Waals surface area contributed by atoms with E-state index in [2.05, 4.69) is 10.6 Å². The van der Waals surface area contributed by atoms with E-state index in [4.69, 9.17) is 0 Å². The van der Waals surface area contributed by atoms with E-state index in [0.29, 0.717) is 12.1 Å². The summed E-state index contributed by atoms with van der Waals surface area (Å²) in [5.41, 5.74) is 1.64. The van der Waals surface area contributed by atoms with Gasteiger partial charge in [0, 0.05) is 23.1 Å². The molecule has 5 nitrogen and oxygen atoms in total. The lowest BCUT2D eigenvalue weighted by atomic mass is 9.98. The highest BCUT2D eigenvalue weighted by Gasteiger charge is 2.30. The SMILES string of the molecule is O=C(/C=C/c1cccs1)Nc1ccc(C[C@@H]2CC(=O)NC2=O)cc1. The van der Waals surface area contributed by atoms with Gasteiger partial charge in [0.05, 0.1) is 5.92 Å². The summed E-state index contributed by atoms with van der Waals surface area (Å²) in [5.74, 6) is -0.925. The summed E-state index contributed by atoms with van der Waals surface area (Å²) in [6, 6.07) is 11.2. The standard InChI is InChI=1S/C18H16N2O3S/c21-16(8-7-15-2-1-9-24-15)19-14-5-3-12(4-6-14)10-13-11-17(22)20-18(13)23/h1-9,13H,10-11H2,(H,19,21)(H,20,22,23)/b8-7+/t13-/m1/s1. The molecule has 0 unspecified atom stereocenters. The molecule has 1 aliphatic rings. The van der Waals surface area contributed by atoms with Crippen LogP contribution in [-0.2, 0) is 20.8 Å². The molecule has 6 heteroatoms. The third-order valence-corrected chi connectivity index (χ3v) is 4.55. The van der Waals surface area contributed by atoms with Crippen molar-refractivity contribution in [1.82, 2.24) is 5.32 Å². The molecule has 1 aromatic carbocycles. The van der Waals surface area contributed by atoms with Crippen LogP contribution in [0, 0.1) is 5.92 Å². The Morgan fingerprint density at radius 3 is 2.67 bits per heavy atom. The predicted molar refractivity (Wildman–Crippen MR) is 93.4 cm³/mol. The van der Waals surface area contributed by atoms with Gasteiger partial charge < -0.3 is 5.32 Å².